The highest BCUT2D eigenvalue weighted by molar-refractivity contribution is 14.0. The van der Waals surface area contributed by atoms with Crippen LogP contribution in [0.5, 0.6) is 23.0 Å². The molecule has 33 heavy (non-hydrogen) atoms. The predicted molar refractivity (Wildman–Crippen MR) is 144 cm³/mol. The molecule has 0 amide bonds. The molecule has 2 aromatic carbocycles. The second kappa shape index (κ2) is 14.7. The maximum Gasteiger partial charge on any atom is 0.191 e. The Labute approximate surface area is 214 Å². The van der Waals surface area contributed by atoms with Crippen molar-refractivity contribution in [2.75, 3.05) is 55.6 Å². The van der Waals surface area contributed by atoms with Crippen LogP contribution < -0.4 is 29.6 Å². The summed E-state index contributed by atoms with van der Waals surface area (Å²) in [5.41, 5.74) is 1.11. The molecule has 184 valence electrons. The summed E-state index contributed by atoms with van der Waals surface area (Å²) in [6.07, 6.45) is -0.0830. The summed E-state index contributed by atoms with van der Waals surface area (Å²) in [6.45, 7) is 3.24. The van der Waals surface area contributed by atoms with E-state index in [0.29, 0.717) is 42.0 Å². The first kappa shape index (κ1) is 28.6. The Hall–Kier alpha value is -2.40. The number of ether oxygens (including phenoxy) is 4. The van der Waals surface area contributed by atoms with E-state index in [1.54, 1.807) is 28.4 Å². The van der Waals surface area contributed by atoms with Crippen LogP contribution in [0.25, 0.3) is 0 Å². The maximum absolute atomic E-state index is 6.01. The van der Waals surface area contributed by atoms with E-state index in [1.807, 2.05) is 63.5 Å². The van der Waals surface area contributed by atoms with Crippen LogP contribution in [-0.2, 0) is 0 Å². The second-order valence-electron chi connectivity index (χ2n) is 7.51. The first-order chi connectivity index (χ1) is 15.4. The van der Waals surface area contributed by atoms with Crippen molar-refractivity contribution in [1.29, 1.82) is 0 Å². The number of aliphatic imine (C=N–C) groups is 1. The minimum absolute atomic E-state index is 0. The van der Waals surface area contributed by atoms with E-state index in [0.717, 1.165) is 5.56 Å². The SMILES string of the molecule is CN=C(NCC(C)Oc1ccccc1OC)NCC(c1ccc(OC)c(OC)c1)N(C)C.I. The van der Waals surface area contributed by atoms with Crippen molar-refractivity contribution in [2.24, 2.45) is 4.99 Å². The molecule has 0 saturated carbocycles. The molecule has 2 N–H and O–H groups in total. The fourth-order valence-electron chi connectivity index (χ4n) is 3.29. The molecule has 2 unspecified atom stereocenters. The largest absolute Gasteiger partial charge is 0.493 e. The molecule has 2 rings (SSSR count). The number of nitrogens with one attached hydrogen (secondary N) is 2. The van der Waals surface area contributed by atoms with Gasteiger partial charge in [0.25, 0.3) is 0 Å². The first-order valence-electron chi connectivity index (χ1n) is 10.6. The van der Waals surface area contributed by atoms with Crippen LogP contribution in [0.2, 0.25) is 0 Å². The lowest BCUT2D eigenvalue weighted by Crippen LogP contribution is -2.44. The monoisotopic (exact) mass is 572 g/mol. The summed E-state index contributed by atoms with van der Waals surface area (Å²) in [7, 11) is 10.8. The van der Waals surface area contributed by atoms with E-state index in [-0.39, 0.29) is 36.1 Å². The normalized spacial score (nSPS) is 12.9. The van der Waals surface area contributed by atoms with E-state index >= 15 is 0 Å². The average molecular weight is 572 g/mol. The minimum atomic E-state index is -0.0830. The summed E-state index contributed by atoms with van der Waals surface area (Å²) in [4.78, 5) is 6.49. The molecule has 2 aromatic rings. The van der Waals surface area contributed by atoms with Crippen molar-refractivity contribution < 1.29 is 18.9 Å². The van der Waals surface area contributed by atoms with Gasteiger partial charge in [-0.1, -0.05) is 18.2 Å². The number of hydrogen-bond donors (Lipinski definition) is 2. The number of benzene rings is 2. The van der Waals surface area contributed by atoms with E-state index in [1.165, 1.54) is 0 Å². The number of guanidine groups is 1. The second-order valence-corrected chi connectivity index (χ2v) is 7.51. The van der Waals surface area contributed by atoms with Crippen molar-refractivity contribution in [3.63, 3.8) is 0 Å². The Morgan fingerprint density at radius 2 is 1.45 bits per heavy atom. The van der Waals surface area contributed by atoms with Crippen LogP contribution >= 0.6 is 24.0 Å². The number of methoxy groups -OCH3 is 3. The quantitative estimate of drug-likeness (QED) is 0.242. The van der Waals surface area contributed by atoms with Gasteiger partial charge in [-0.15, -0.1) is 24.0 Å². The molecule has 8 nitrogen and oxygen atoms in total. The van der Waals surface area contributed by atoms with Crippen LogP contribution in [0.3, 0.4) is 0 Å². The number of para-hydroxylation sites is 2. The number of nitrogens with zero attached hydrogens (tertiary/aromatic N) is 2. The van der Waals surface area contributed by atoms with Gasteiger partial charge in [0, 0.05) is 13.6 Å². The Bertz CT molecular complexity index is 879. The van der Waals surface area contributed by atoms with E-state index in [9.17, 15) is 0 Å². The van der Waals surface area contributed by atoms with Crippen LogP contribution in [0.1, 0.15) is 18.5 Å². The number of halogens is 1. The van der Waals surface area contributed by atoms with Gasteiger partial charge >= 0.3 is 0 Å². The standard InChI is InChI=1S/C24H36N4O4.HI/c1-17(32-22-11-9-8-10-20(22)29-5)15-26-24(25-2)27-16-19(28(3)4)18-12-13-21(30-6)23(14-18)31-7;/h8-14,17,19H,15-16H2,1-7H3,(H2,25,26,27);1H. The fraction of sp³-hybridized carbons (Fsp3) is 0.458. The highest BCUT2D eigenvalue weighted by Gasteiger charge is 2.17. The molecule has 0 bridgehead atoms. The summed E-state index contributed by atoms with van der Waals surface area (Å²) >= 11 is 0. The van der Waals surface area contributed by atoms with Crippen LogP contribution in [0.15, 0.2) is 47.5 Å². The Morgan fingerprint density at radius 3 is 2.03 bits per heavy atom. The van der Waals surface area contributed by atoms with Crippen molar-refractivity contribution >= 4 is 29.9 Å². The lowest BCUT2D eigenvalue weighted by Gasteiger charge is -2.27. The van der Waals surface area contributed by atoms with Gasteiger partial charge in [-0.2, -0.15) is 0 Å². The molecule has 0 fully saturated rings. The van der Waals surface area contributed by atoms with Crippen LogP contribution in [-0.4, -0.2) is 72.5 Å². The van der Waals surface area contributed by atoms with Gasteiger partial charge < -0.3 is 34.5 Å². The summed E-state index contributed by atoms with van der Waals surface area (Å²) in [5, 5.41) is 6.73. The van der Waals surface area contributed by atoms with E-state index < -0.39 is 0 Å². The van der Waals surface area contributed by atoms with Crippen LogP contribution in [0.4, 0.5) is 0 Å². The molecule has 0 aliphatic heterocycles. The molecule has 0 aliphatic rings. The van der Waals surface area contributed by atoms with Crippen molar-refractivity contribution in [1.82, 2.24) is 15.5 Å². The maximum atomic E-state index is 6.01. The Balaban J connectivity index is 0.00000544. The Morgan fingerprint density at radius 1 is 0.879 bits per heavy atom. The molecule has 0 heterocycles. The van der Waals surface area contributed by atoms with Gasteiger partial charge in [0.2, 0.25) is 0 Å². The van der Waals surface area contributed by atoms with Gasteiger partial charge in [0.15, 0.2) is 29.0 Å². The van der Waals surface area contributed by atoms with E-state index in [2.05, 4.69) is 20.5 Å². The van der Waals surface area contributed by atoms with Gasteiger partial charge in [0.1, 0.15) is 6.10 Å². The average Bonchev–Trinajstić information content (AvgIpc) is 2.81. The summed E-state index contributed by atoms with van der Waals surface area (Å²) in [5.74, 6) is 3.55. The highest BCUT2D eigenvalue weighted by Crippen LogP contribution is 2.31. The van der Waals surface area contributed by atoms with Gasteiger partial charge in [-0.25, -0.2) is 0 Å². The third-order valence-electron chi connectivity index (χ3n) is 5.06. The predicted octanol–water partition coefficient (Wildman–Crippen LogP) is 3.57. The van der Waals surface area contributed by atoms with Crippen molar-refractivity contribution in [2.45, 2.75) is 19.1 Å². The molecular formula is C24H37IN4O4. The molecule has 0 aromatic heterocycles. The fourth-order valence-corrected chi connectivity index (χ4v) is 3.29. The smallest absolute Gasteiger partial charge is 0.191 e. The number of rotatable bonds is 11. The number of likely N-dealkylation sites (N-methyl/N-ethyl adjacent to an activating group) is 1. The first-order valence-corrected chi connectivity index (χ1v) is 10.6. The zero-order valence-electron chi connectivity index (χ0n) is 20.5. The van der Waals surface area contributed by atoms with Gasteiger partial charge in [-0.3, -0.25) is 4.99 Å². The van der Waals surface area contributed by atoms with E-state index in [4.69, 9.17) is 18.9 Å². The van der Waals surface area contributed by atoms with Crippen molar-refractivity contribution in [3.8, 4) is 23.0 Å². The number of hydrogen-bond acceptors (Lipinski definition) is 6. The zero-order valence-corrected chi connectivity index (χ0v) is 22.9. The summed E-state index contributed by atoms with van der Waals surface area (Å²) < 4.78 is 22.2. The van der Waals surface area contributed by atoms with Gasteiger partial charge in [0.05, 0.1) is 33.9 Å². The molecule has 0 aliphatic carbocycles. The third kappa shape index (κ3) is 8.47. The summed E-state index contributed by atoms with van der Waals surface area (Å²) in [6, 6.07) is 13.7. The highest BCUT2D eigenvalue weighted by atomic mass is 127. The third-order valence-corrected chi connectivity index (χ3v) is 5.06. The molecule has 0 radical (unpaired) electrons. The molecule has 0 saturated heterocycles. The van der Waals surface area contributed by atoms with Crippen molar-refractivity contribution in [3.05, 3.63) is 48.0 Å². The lowest BCUT2D eigenvalue weighted by atomic mass is 10.1. The lowest BCUT2D eigenvalue weighted by molar-refractivity contribution is 0.213. The molecule has 9 heteroatoms. The zero-order chi connectivity index (χ0) is 23.5. The molecule has 2 atom stereocenters. The Kier molecular flexibility index (Phi) is 12.7. The van der Waals surface area contributed by atoms with Gasteiger partial charge in [-0.05, 0) is 50.8 Å². The topological polar surface area (TPSA) is 76.6 Å². The molecular weight excluding hydrogens is 535 g/mol. The molecule has 0 spiro atoms. The minimum Gasteiger partial charge on any atom is -0.493 e. The van der Waals surface area contributed by atoms with Crippen LogP contribution in [0, 0.1) is 0 Å².